The van der Waals surface area contributed by atoms with Gasteiger partial charge in [-0.25, -0.2) is 9.38 Å². The summed E-state index contributed by atoms with van der Waals surface area (Å²) in [7, 11) is 0. The van der Waals surface area contributed by atoms with Crippen molar-refractivity contribution in [2.24, 2.45) is 4.99 Å². The van der Waals surface area contributed by atoms with Crippen molar-refractivity contribution < 1.29 is 9.50 Å². The maximum atomic E-state index is 14.2. The topological polar surface area (TPSA) is 72.4 Å². The number of rotatable bonds is 5. The number of benzene rings is 2. The molecule has 3 heterocycles. The van der Waals surface area contributed by atoms with E-state index in [0.29, 0.717) is 18.7 Å². The second-order valence-electron chi connectivity index (χ2n) is 8.07. The highest BCUT2D eigenvalue weighted by molar-refractivity contribution is 7.18. The first kappa shape index (κ1) is 20.7. The third-order valence-corrected chi connectivity index (χ3v) is 7.16. The van der Waals surface area contributed by atoms with Crippen LogP contribution in [0, 0.1) is 19.7 Å². The number of halogens is 1. The summed E-state index contributed by atoms with van der Waals surface area (Å²) in [5, 5.41) is 17.1. The Hall–Kier alpha value is -3.16. The fourth-order valence-corrected chi connectivity index (χ4v) is 5.41. The van der Waals surface area contributed by atoms with E-state index in [4.69, 9.17) is 0 Å². The van der Waals surface area contributed by atoms with Gasteiger partial charge >= 0.3 is 0 Å². The molecule has 0 saturated heterocycles. The van der Waals surface area contributed by atoms with Gasteiger partial charge in [0, 0.05) is 22.5 Å². The van der Waals surface area contributed by atoms with Crippen molar-refractivity contribution in [3.63, 3.8) is 0 Å². The van der Waals surface area contributed by atoms with Crippen molar-refractivity contribution >= 4 is 33.8 Å². The Balaban J connectivity index is 1.34. The fourth-order valence-electron chi connectivity index (χ4n) is 4.29. The molecule has 0 aliphatic carbocycles. The van der Waals surface area contributed by atoms with E-state index in [1.807, 2.05) is 44.2 Å². The van der Waals surface area contributed by atoms with Gasteiger partial charge in [-0.15, -0.1) is 11.3 Å². The number of H-pyrrole nitrogens is 1. The molecular formula is C25H25FN4OS. The number of aliphatic hydroxyl groups is 1. The van der Waals surface area contributed by atoms with Crippen LogP contribution >= 0.6 is 11.3 Å². The summed E-state index contributed by atoms with van der Waals surface area (Å²) in [5.41, 5.74) is 6.93. The quantitative estimate of drug-likeness (QED) is 0.343. The van der Waals surface area contributed by atoms with Crippen LogP contribution in [0.15, 0.2) is 47.5 Å². The van der Waals surface area contributed by atoms with Gasteiger partial charge in [0.1, 0.15) is 18.3 Å². The Morgan fingerprint density at radius 2 is 1.97 bits per heavy atom. The first-order valence-corrected chi connectivity index (χ1v) is 11.5. The van der Waals surface area contributed by atoms with Gasteiger partial charge in [-0.3, -0.25) is 0 Å². The summed E-state index contributed by atoms with van der Waals surface area (Å²) in [6.07, 6.45) is 0.777. The molecule has 4 N–H and O–H groups in total. The molecule has 0 radical (unpaired) electrons. The van der Waals surface area contributed by atoms with Crippen LogP contribution in [-0.2, 0) is 13.0 Å². The third-order valence-electron chi connectivity index (χ3n) is 5.97. The highest BCUT2D eigenvalue weighted by Crippen LogP contribution is 2.36. The number of aliphatic imine (C=N–C) groups is 1. The van der Waals surface area contributed by atoms with Crippen LogP contribution in [0.25, 0.3) is 21.3 Å². The van der Waals surface area contributed by atoms with Crippen LogP contribution in [0.3, 0.4) is 0 Å². The largest absolute Gasteiger partial charge is 0.392 e. The summed E-state index contributed by atoms with van der Waals surface area (Å²) in [6, 6.07) is 13.5. The molecule has 0 bridgehead atoms. The molecule has 2 aromatic carbocycles. The van der Waals surface area contributed by atoms with E-state index in [-0.39, 0.29) is 12.4 Å². The molecule has 32 heavy (non-hydrogen) atoms. The first-order chi connectivity index (χ1) is 15.5. The second-order valence-corrected chi connectivity index (χ2v) is 9.12. The van der Waals surface area contributed by atoms with Crippen LogP contribution in [0.5, 0.6) is 0 Å². The molecule has 1 aliphatic heterocycles. The van der Waals surface area contributed by atoms with Gasteiger partial charge in [-0.05, 0) is 54.7 Å². The van der Waals surface area contributed by atoms with E-state index in [9.17, 15) is 9.50 Å². The number of nitrogens with zero attached hydrogens (tertiary/aromatic N) is 1. The fraction of sp³-hybridized carbons (Fsp3) is 0.240. The minimum absolute atomic E-state index is 0.0472. The maximum absolute atomic E-state index is 14.2. The molecular weight excluding hydrogens is 423 g/mol. The van der Waals surface area contributed by atoms with Gasteiger partial charge < -0.3 is 20.7 Å². The van der Waals surface area contributed by atoms with Crippen LogP contribution in [-0.4, -0.2) is 29.1 Å². The molecule has 0 atom stereocenters. The van der Waals surface area contributed by atoms with Crippen molar-refractivity contribution in [2.75, 3.05) is 18.5 Å². The van der Waals surface area contributed by atoms with Crippen molar-refractivity contribution in [3.8, 4) is 10.4 Å². The van der Waals surface area contributed by atoms with Crippen molar-refractivity contribution in [1.29, 1.82) is 0 Å². The Labute approximate surface area is 190 Å². The number of thiophene rings is 1. The van der Waals surface area contributed by atoms with E-state index in [0.717, 1.165) is 61.0 Å². The van der Waals surface area contributed by atoms with Gasteiger partial charge in [-0.2, -0.15) is 0 Å². The number of hydrogen-bond acceptors (Lipinski definition) is 5. The van der Waals surface area contributed by atoms with Crippen molar-refractivity contribution in [3.05, 3.63) is 75.5 Å². The molecule has 164 valence electrons. The predicted molar refractivity (Wildman–Crippen MR) is 130 cm³/mol. The zero-order valence-electron chi connectivity index (χ0n) is 18.1. The number of nitrogens with one attached hydrogen (secondary N) is 3. The number of fused-ring (bicyclic) bond motifs is 2. The standard InChI is InChI=1S/C25H25FN4OS/c1-14-3-8-19(26)23-22(14)18(15(2)30-23)9-10-27-25-24-20(28-13-29-25)11-21(32-24)17-6-4-16(12-31)5-7-17/h3-8,11,28,30-31H,9-10,12-13H2,1-2H3,(H,27,29). The van der Waals surface area contributed by atoms with Crippen molar-refractivity contribution in [2.45, 2.75) is 26.9 Å². The number of amidine groups is 1. The van der Waals surface area contributed by atoms with Crippen LogP contribution < -0.4 is 10.6 Å². The molecule has 0 unspecified atom stereocenters. The maximum Gasteiger partial charge on any atom is 0.147 e. The molecule has 2 aromatic heterocycles. The predicted octanol–water partition coefficient (Wildman–Crippen LogP) is 5.11. The zero-order chi connectivity index (χ0) is 22.2. The van der Waals surface area contributed by atoms with E-state index in [1.54, 1.807) is 11.3 Å². The molecule has 4 aromatic rings. The average molecular weight is 449 g/mol. The van der Waals surface area contributed by atoms with Crippen LogP contribution in [0.4, 0.5) is 10.1 Å². The summed E-state index contributed by atoms with van der Waals surface area (Å²) in [4.78, 5) is 10.1. The zero-order valence-corrected chi connectivity index (χ0v) is 18.9. The molecule has 5 nitrogen and oxygen atoms in total. The minimum Gasteiger partial charge on any atom is -0.392 e. The lowest BCUT2D eigenvalue weighted by atomic mass is 10.0. The molecule has 0 fully saturated rings. The highest BCUT2D eigenvalue weighted by atomic mass is 32.1. The Morgan fingerprint density at radius 3 is 2.75 bits per heavy atom. The van der Waals surface area contributed by atoms with E-state index >= 15 is 0 Å². The number of anilines is 1. The minimum atomic E-state index is -0.210. The lowest BCUT2D eigenvalue weighted by Gasteiger charge is -2.16. The van der Waals surface area contributed by atoms with Crippen LogP contribution in [0.2, 0.25) is 0 Å². The van der Waals surface area contributed by atoms with Gasteiger partial charge in [0.15, 0.2) is 0 Å². The average Bonchev–Trinajstić information content (AvgIpc) is 3.39. The second kappa shape index (κ2) is 8.41. The summed E-state index contributed by atoms with van der Waals surface area (Å²) in [5.74, 6) is 0.681. The number of aromatic nitrogens is 1. The lowest BCUT2D eigenvalue weighted by Crippen LogP contribution is -2.29. The Kier molecular flexibility index (Phi) is 5.45. The van der Waals surface area contributed by atoms with E-state index in [1.165, 1.54) is 6.07 Å². The van der Waals surface area contributed by atoms with Gasteiger partial charge in [0.2, 0.25) is 0 Å². The van der Waals surface area contributed by atoms with Gasteiger partial charge in [0.25, 0.3) is 0 Å². The third kappa shape index (κ3) is 3.67. The molecule has 1 aliphatic rings. The first-order valence-electron chi connectivity index (χ1n) is 10.7. The van der Waals surface area contributed by atoms with Gasteiger partial charge in [0.05, 0.1) is 22.7 Å². The molecule has 7 heteroatoms. The highest BCUT2D eigenvalue weighted by Gasteiger charge is 2.19. The number of aliphatic hydroxyl groups excluding tert-OH is 1. The Morgan fingerprint density at radius 1 is 1.16 bits per heavy atom. The van der Waals surface area contributed by atoms with Gasteiger partial charge in [-0.1, -0.05) is 30.3 Å². The molecule has 0 saturated carbocycles. The monoisotopic (exact) mass is 448 g/mol. The van der Waals surface area contributed by atoms with Crippen LogP contribution in [0.1, 0.15) is 27.3 Å². The SMILES string of the molecule is Cc1[nH]c2c(F)ccc(C)c2c1CCNC1=NCNc2cc(-c3ccc(CO)cc3)sc21. The van der Waals surface area contributed by atoms with E-state index < -0.39 is 0 Å². The lowest BCUT2D eigenvalue weighted by molar-refractivity contribution is 0.282. The Bertz CT molecular complexity index is 1320. The summed E-state index contributed by atoms with van der Waals surface area (Å²) < 4.78 is 14.2. The number of hydrogen-bond donors (Lipinski definition) is 4. The summed E-state index contributed by atoms with van der Waals surface area (Å²) >= 11 is 1.69. The van der Waals surface area contributed by atoms with E-state index in [2.05, 4.69) is 26.7 Å². The number of aryl methyl sites for hydroxylation is 2. The molecule has 5 rings (SSSR count). The molecule has 0 amide bonds. The summed E-state index contributed by atoms with van der Waals surface area (Å²) in [6.45, 7) is 5.31. The number of aromatic amines is 1. The van der Waals surface area contributed by atoms with Crippen molar-refractivity contribution in [1.82, 2.24) is 10.3 Å². The smallest absolute Gasteiger partial charge is 0.147 e. The molecule has 0 spiro atoms. The normalized spacial score (nSPS) is 13.1.